The van der Waals surface area contributed by atoms with Gasteiger partial charge in [-0.1, -0.05) is 52.5 Å². The molecule has 0 radical (unpaired) electrons. The van der Waals surface area contributed by atoms with Gasteiger partial charge in [-0.2, -0.15) is 0 Å². The Hall–Kier alpha value is -1.80. The summed E-state index contributed by atoms with van der Waals surface area (Å²) in [6, 6.07) is 9.08. The summed E-state index contributed by atoms with van der Waals surface area (Å²) in [5.74, 6) is -1.93. The van der Waals surface area contributed by atoms with Crippen LogP contribution in [0.3, 0.4) is 0 Å². The third-order valence-corrected chi connectivity index (χ3v) is 6.14. The molecule has 0 heterocycles. The lowest BCUT2D eigenvalue weighted by atomic mass is 10.2. The number of ether oxygens (including phenoxy) is 1. The van der Waals surface area contributed by atoms with Crippen molar-refractivity contribution < 1.29 is 22.7 Å². The topological polar surface area (TPSA) is 89.5 Å². The normalized spacial score (nSPS) is 11.1. The van der Waals surface area contributed by atoms with Gasteiger partial charge in [-0.3, -0.25) is 9.59 Å². The second-order valence-electron chi connectivity index (χ2n) is 5.84. The van der Waals surface area contributed by atoms with Crippen LogP contribution in [0.4, 0.5) is 5.69 Å². The van der Waals surface area contributed by atoms with E-state index in [0.29, 0.717) is 5.02 Å². The van der Waals surface area contributed by atoms with Crippen molar-refractivity contribution in [3.05, 3.63) is 57.0 Å². The molecule has 0 fully saturated rings. The third kappa shape index (κ3) is 6.38. The minimum atomic E-state index is -3.62. The molecule has 2 aromatic rings. The molecule has 0 unspecified atom stereocenters. The second kappa shape index (κ2) is 9.60. The maximum absolute atomic E-state index is 12.2. The van der Waals surface area contributed by atoms with Crippen molar-refractivity contribution in [2.45, 2.75) is 18.2 Å². The number of hydrogen-bond donors (Lipinski definition) is 1. The number of esters is 1. The molecule has 0 aromatic heterocycles. The summed E-state index contributed by atoms with van der Waals surface area (Å²) in [5.41, 5.74) is 1.06. The molecule has 10 heteroatoms. The smallest absolute Gasteiger partial charge is 0.307 e. The fourth-order valence-electron chi connectivity index (χ4n) is 2.14. The number of benzene rings is 2. The van der Waals surface area contributed by atoms with E-state index in [1.54, 1.807) is 12.1 Å². The highest BCUT2D eigenvalue weighted by molar-refractivity contribution is 7.91. The fraction of sp³-hybridized carbons (Fsp3) is 0.222. The summed E-state index contributed by atoms with van der Waals surface area (Å²) in [6.07, 6.45) is -0.383. The summed E-state index contributed by atoms with van der Waals surface area (Å²) in [4.78, 5) is 23.8. The Morgan fingerprint density at radius 1 is 1.04 bits per heavy atom. The van der Waals surface area contributed by atoms with Crippen LogP contribution in [-0.4, -0.2) is 32.7 Å². The van der Waals surface area contributed by atoms with Gasteiger partial charge < -0.3 is 10.1 Å². The number of amides is 1. The number of halogens is 3. The predicted molar refractivity (Wildman–Crippen MR) is 109 cm³/mol. The van der Waals surface area contributed by atoms with E-state index < -0.39 is 34.1 Å². The first-order valence-corrected chi connectivity index (χ1v) is 10.8. The fourth-order valence-corrected chi connectivity index (χ4v) is 4.27. The zero-order chi connectivity index (χ0) is 20.9. The van der Waals surface area contributed by atoms with Crippen molar-refractivity contribution in [2.24, 2.45) is 0 Å². The van der Waals surface area contributed by atoms with Crippen molar-refractivity contribution in [3.8, 4) is 0 Å². The van der Waals surface area contributed by atoms with E-state index >= 15 is 0 Å². The van der Waals surface area contributed by atoms with E-state index in [9.17, 15) is 18.0 Å². The standard InChI is InChI=1S/C18H16Cl3NO5S/c1-11-2-4-13(5-3-11)28(25,26)7-6-17(24)27-10-16(23)22-18-14(20)8-12(19)9-15(18)21/h2-5,8-9H,6-7,10H2,1H3,(H,22,23). The molecule has 1 N–H and O–H groups in total. The number of sulfone groups is 1. The van der Waals surface area contributed by atoms with Crippen LogP contribution in [0.5, 0.6) is 0 Å². The predicted octanol–water partition coefficient (Wildman–Crippen LogP) is 4.30. The highest BCUT2D eigenvalue weighted by atomic mass is 35.5. The van der Waals surface area contributed by atoms with Crippen molar-refractivity contribution in [1.82, 2.24) is 0 Å². The second-order valence-corrected chi connectivity index (χ2v) is 9.20. The number of hydrogen-bond acceptors (Lipinski definition) is 5. The molecule has 1 amide bonds. The first-order valence-electron chi connectivity index (χ1n) is 7.98. The quantitative estimate of drug-likeness (QED) is 0.617. The molecule has 6 nitrogen and oxygen atoms in total. The summed E-state index contributed by atoms with van der Waals surface area (Å²) in [6.45, 7) is 1.22. The van der Waals surface area contributed by atoms with Gasteiger partial charge in [0.05, 0.1) is 32.8 Å². The molecule has 0 aliphatic carbocycles. The molecule has 2 aromatic carbocycles. The van der Waals surface area contributed by atoms with Crippen molar-refractivity contribution >= 4 is 62.2 Å². The summed E-state index contributed by atoms with van der Waals surface area (Å²) >= 11 is 17.7. The van der Waals surface area contributed by atoms with E-state index in [0.717, 1.165) is 5.56 Å². The zero-order valence-electron chi connectivity index (χ0n) is 14.7. The molecule has 0 saturated carbocycles. The Kier molecular flexibility index (Phi) is 7.71. The van der Waals surface area contributed by atoms with Crippen LogP contribution in [0.2, 0.25) is 15.1 Å². The first kappa shape index (κ1) is 22.5. The van der Waals surface area contributed by atoms with Gasteiger partial charge >= 0.3 is 5.97 Å². The molecule has 0 bridgehead atoms. The number of aryl methyl sites for hydroxylation is 1. The van der Waals surface area contributed by atoms with E-state index in [1.165, 1.54) is 24.3 Å². The average Bonchev–Trinajstić information content (AvgIpc) is 2.61. The molecule has 0 aliphatic heterocycles. The van der Waals surface area contributed by atoms with E-state index in [-0.39, 0.29) is 27.0 Å². The van der Waals surface area contributed by atoms with E-state index in [1.807, 2.05) is 6.92 Å². The van der Waals surface area contributed by atoms with Crippen LogP contribution in [0.15, 0.2) is 41.3 Å². The minimum Gasteiger partial charge on any atom is -0.456 e. The lowest BCUT2D eigenvalue weighted by molar-refractivity contribution is -0.146. The molecular formula is C18H16Cl3NO5S. The summed E-state index contributed by atoms with van der Waals surface area (Å²) in [7, 11) is -3.62. The number of nitrogens with one attached hydrogen (secondary N) is 1. The van der Waals surface area contributed by atoms with Crippen LogP contribution in [0.25, 0.3) is 0 Å². The van der Waals surface area contributed by atoms with Gasteiger partial charge in [0.1, 0.15) is 0 Å². The van der Waals surface area contributed by atoms with Crippen molar-refractivity contribution in [3.63, 3.8) is 0 Å². The molecule has 150 valence electrons. The van der Waals surface area contributed by atoms with Crippen molar-refractivity contribution in [2.75, 3.05) is 17.7 Å². The molecule has 0 aliphatic rings. The third-order valence-electron chi connectivity index (χ3n) is 3.59. The lowest BCUT2D eigenvalue weighted by Gasteiger charge is -2.10. The molecular weight excluding hydrogens is 449 g/mol. The summed E-state index contributed by atoms with van der Waals surface area (Å²) in [5, 5.41) is 2.96. The van der Waals surface area contributed by atoms with Gasteiger partial charge in [-0.25, -0.2) is 8.42 Å². The van der Waals surface area contributed by atoms with E-state index in [2.05, 4.69) is 5.32 Å². The minimum absolute atomic E-state index is 0.121. The Bertz CT molecular complexity index is 968. The largest absolute Gasteiger partial charge is 0.456 e. The maximum atomic E-state index is 12.2. The van der Waals surface area contributed by atoms with Crippen LogP contribution in [-0.2, 0) is 24.2 Å². The number of rotatable bonds is 7. The SMILES string of the molecule is Cc1ccc(S(=O)(=O)CCC(=O)OCC(=O)Nc2c(Cl)cc(Cl)cc2Cl)cc1. The first-order chi connectivity index (χ1) is 13.1. The maximum Gasteiger partial charge on any atom is 0.307 e. The van der Waals surface area contributed by atoms with Gasteiger partial charge in [0.15, 0.2) is 16.4 Å². The molecule has 0 spiro atoms. The Labute approximate surface area is 177 Å². The van der Waals surface area contributed by atoms with Crippen LogP contribution in [0.1, 0.15) is 12.0 Å². The van der Waals surface area contributed by atoms with Crippen LogP contribution >= 0.6 is 34.8 Å². The average molecular weight is 465 g/mol. The van der Waals surface area contributed by atoms with Crippen LogP contribution in [0, 0.1) is 6.92 Å². The number of carbonyl (C=O) groups excluding carboxylic acids is 2. The van der Waals surface area contributed by atoms with Gasteiger partial charge in [0, 0.05) is 5.02 Å². The molecule has 0 atom stereocenters. The lowest BCUT2D eigenvalue weighted by Crippen LogP contribution is -2.22. The molecule has 0 saturated heterocycles. The van der Waals surface area contributed by atoms with Crippen molar-refractivity contribution in [1.29, 1.82) is 0 Å². The molecule has 28 heavy (non-hydrogen) atoms. The van der Waals surface area contributed by atoms with Gasteiger partial charge in [-0.05, 0) is 31.2 Å². The highest BCUT2D eigenvalue weighted by Crippen LogP contribution is 2.33. The molecule has 2 rings (SSSR count). The van der Waals surface area contributed by atoms with E-state index in [4.69, 9.17) is 39.5 Å². The Balaban J connectivity index is 1.85. The van der Waals surface area contributed by atoms with Gasteiger partial charge in [0.25, 0.3) is 5.91 Å². The monoisotopic (exact) mass is 463 g/mol. The van der Waals surface area contributed by atoms with Crippen LogP contribution < -0.4 is 5.32 Å². The Morgan fingerprint density at radius 2 is 1.61 bits per heavy atom. The zero-order valence-corrected chi connectivity index (χ0v) is 17.8. The van der Waals surface area contributed by atoms with Gasteiger partial charge in [0.2, 0.25) is 0 Å². The number of carbonyl (C=O) groups is 2. The van der Waals surface area contributed by atoms with Gasteiger partial charge in [-0.15, -0.1) is 0 Å². The highest BCUT2D eigenvalue weighted by Gasteiger charge is 2.18. The Morgan fingerprint density at radius 3 is 2.18 bits per heavy atom. The number of anilines is 1. The summed E-state index contributed by atoms with van der Waals surface area (Å²) < 4.78 is 29.2.